The van der Waals surface area contributed by atoms with Gasteiger partial charge >= 0.3 is 5.97 Å². The molecule has 1 N–H and O–H groups in total. The number of ether oxygens (including phenoxy) is 3. The number of esters is 1. The average molecular weight is 393 g/mol. The number of guanidine groups is 1. The van der Waals surface area contributed by atoms with E-state index in [9.17, 15) is 4.79 Å². The Labute approximate surface area is 169 Å². The molecule has 2 aromatic carbocycles. The SMILES string of the molecule is COC(=O)C1=C(C)N(C)C(=NCc2ccc3c(c2)OCO3)NC1c1ccccc1. The Hall–Kier alpha value is -3.48. The molecule has 2 aliphatic rings. The summed E-state index contributed by atoms with van der Waals surface area (Å²) in [6, 6.07) is 15.3. The van der Waals surface area contributed by atoms with Crippen LogP contribution in [0.1, 0.15) is 24.1 Å². The van der Waals surface area contributed by atoms with E-state index >= 15 is 0 Å². The molecule has 2 aromatic rings. The summed E-state index contributed by atoms with van der Waals surface area (Å²) in [4.78, 5) is 19.1. The zero-order valence-corrected chi connectivity index (χ0v) is 16.6. The van der Waals surface area contributed by atoms with Crippen molar-refractivity contribution in [2.24, 2.45) is 4.99 Å². The van der Waals surface area contributed by atoms with Crippen molar-refractivity contribution in [1.29, 1.82) is 0 Å². The largest absolute Gasteiger partial charge is 0.466 e. The lowest BCUT2D eigenvalue weighted by molar-refractivity contribution is -0.136. The second-order valence-corrected chi connectivity index (χ2v) is 6.87. The predicted octanol–water partition coefficient (Wildman–Crippen LogP) is 2.99. The van der Waals surface area contributed by atoms with E-state index in [0.717, 1.165) is 28.3 Å². The topological polar surface area (TPSA) is 72.4 Å². The van der Waals surface area contributed by atoms with Crippen LogP contribution in [0.5, 0.6) is 11.5 Å². The van der Waals surface area contributed by atoms with E-state index in [1.165, 1.54) is 7.11 Å². The molecule has 150 valence electrons. The van der Waals surface area contributed by atoms with Gasteiger partial charge in [-0.15, -0.1) is 0 Å². The van der Waals surface area contributed by atoms with Crippen LogP contribution < -0.4 is 14.8 Å². The summed E-state index contributed by atoms with van der Waals surface area (Å²) in [6.07, 6.45) is 0. The van der Waals surface area contributed by atoms with E-state index in [1.807, 2.05) is 67.4 Å². The van der Waals surface area contributed by atoms with Gasteiger partial charge in [0.05, 0.1) is 25.3 Å². The minimum absolute atomic E-state index is 0.247. The molecule has 7 nitrogen and oxygen atoms in total. The molecule has 2 aliphatic heterocycles. The van der Waals surface area contributed by atoms with Crippen molar-refractivity contribution in [2.75, 3.05) is 21.0 Å². The monoisotopic (exact) mass is 393 g/mol. The normalized spacial score (nSPS) is 19.3. The highest BCUT2D eigenvalue weighted by molar-refractivity contribution is 5.96. The molecule has 4 rings (SSSR count). The van der Waals surface area contributed by atoms with Gasteiger partial charge in [0.15, 0.2) is 17.5 Å². The minimum atomic E-state index is -0.356. The highest BCUT2D eigenvalue weighted by atomic mass is 16.7. The molecule has 7 heteroatoms. The van der Waals surface area contributed by atoms with Crippen LogP contribution in [0.15, 0.2) is 64.8 Å². The van der Waals surface area contributed by atoms with Crippen LogP contribution in [-0.4, -0.2) is 37.8 Å². The van der Waals surface area contributed by atoms with Crippen molar-refractivity contribution in [2.45, 2.75) is 19.5 Å². The van der Waals surface area contributed by atoms with Gasteiger partial charge in [-0.1, -0.05) is 36.4 Å². The van der Waals surface area contributed by atoms with Crippen molar-refractivity contribution >= 4 is 11.9 Å². The van der Waals surface area contributed by atoms with E-state index in [2.05, 4.69) is 5.32 Å². The molecule has 0 amide bonds. The van der Waals surface area contributed by atoms with Gasteiger partial charge in [0.25, 0.3) is 0 Å². The fourth-order valence-electron chi connectivity index (χ4n) is 3.47. The number of benzene rings is 2. The zero-order valence-electron chi connectivity index (χ0n) is 16.6. The third kappa shape index (κ3) is 3.63. The Morgan fingerprint density at radius 2 is 1.97 bits per heavy atom. The average Bonchev–Trinajstić information content (AvgIpc) is 3.22. The van der Waals surface area contributed by atoms with Crippen molar-refractivity contribution < 1.29 is 19.0 Å². The van der Waals surface area contributed by atoms with Crippen molar-refractivity contribution in [1.82, 2.24) is 10.2 Å². The molecule has 0 aromatic heterocycles. The lowest BCUT2D eigenvalue weighted by Gasteiger charge is -2.35. The summed E-state index contributed by atoms with van der Waals surface area (Å²) < 4.78 is 15.8. The lowest BCUT2D eigenvalue weighted by Crippen LogP contribution is -2.47. The Morgan fingerprint density at radius 1 is 1.21 bits per heavy atom. The Balaban J connectivity index is 1.65. The maximum atomic E-state index is 12.5. The van der Waals surface area contributed by atoms with Gasteiger partial charge in [0, 0.05) is 12.7 Å². The summed E-state index contributed by atoms with van der Waals surface area (Å²) in [6.45, 7) is 2.61. The maximum Gasteiger partial charge on any atom is 0.337 e. The fraction of sp³-hybridized carbons (Fsp3) is 0.273. The molecule has 0 radical (unpaired) electrons. The summed E-state index contributed by atoms with van der Waals surface area (Å²) in [5, 5.41) is 3.40. The van der Waals surface area contributed by atoms with Gasteiger partial charge < -0.3 is 24.4 Å². The fourth-order valence-corrected chi connectivity index (χ4v) is 3.47. The number of aliphatic imine (C=N–C) groups is 1. The standard InChI is InChI=1S/C22H23N3O4/c1-14-19(21(26)27-3)20(16-7-5-4-6-8-16)24-22(25(14)2)23-12-15-9-10-17-18(11-15)29-13-28-17/h4-11,20H,12-13H2,1-3H3,(H,23,24). The molecule has 0 fully saturated rings. The number of methoxy groups -OCH3 is 1. The first kappa shape index (κ1) is 18.9. The van der Waals surface area contributed by atoms with Crippen LogP contribution in [0.3, 0.4) is 0 Å². The molecular weight excluding hydrogens is 370 g/mol. The molecular formula is C22H23N3O4. The van der Waals surface area contributed by atoms with Crippen LogP contribution in [0.25, 0.3) is 0 Å². The molecule has 29 heavy (non-hydrogen) atoms. The molecule has 0 saturated carbocycles. The van der Waals surface area contributed by atoms with Crippen LogP contribution in [-0.2, 0) is 16.1 Å². The highest BCUT2D eigenvalue weighted by Crippen LogP contribution is 2.33. The van der Waals surface area contributed by atoms with Crippen LogP contribution in [0, 0.1) is 0 Å². The predicted molar refractivity (Wildman–Crippen MR) is 109 cm³/mol. The number of carbonyl (C=O) groups is 1. The second kappa shape index (κ2) is 7.87. The number of fused-ring (bicyclic) bond motifs is 1. The molecule has 0 spiro atoms. The molecule has 0 bridgehead atoms. The van der Waals surface area contributed by atoms with Gasteiger partial charge in [-0.3, -0.25) is 0 Å². The van der Waals surface area contributed by atoms with E-state index in [1.54, 1.807) is 0 Å². The van der Waals surface area contributed by atoms with Crippen molar-refractivity contribution in [3.63, 3.8) is 0 Å². The zero-order chi connectivity index (χ0) is 20.4. The van der Waals surface area contributed by atoms with E-state index in [-0.39, 0.29) is 18.8 Å². The maximum absolute atomic E-state index is 12.5. The first-order chi connectivity index (χ1) is 14.1. The number of hydrogen-bond acceptors (Lipinski definition) is 5. The number of allylic oxidation sites excluding steroid dienone is 1. The van der Waals surface area contributed by atoms with E-state index in [0.29, 0.717) is 18.1 Å². The summed E-state index contributed by atoms with van der Waals surface area (Å²) in [5.74, 6) is 1.81. The molecule has 0 saturated heterocycles. The lowest BCUT2D eigenvalue weighted by atomic mass is 9.95. The smallest absolute Gasteiger partial charge is 0.337 e. The summed E-state index contributed by atoms with van der Waals surface area (Å²) in [7, 11) is 3.28. The highest BCUT2D eigenvalue weighted by Gasteiger charge is 2.33. The van der Waals surface area contributed by atoms with E-state index in [4.69, 9.17) is 19.2 Å². The number of carbonyl (C=O) groups excluding carboxylic acids is 1. The molecule has 1 atom stereocenters. The van der Waals surface area contributed by atoms with Gasteiger partial charge in [0.2, 0.25) is 6.79 Å². The molecule has 1 unspecified atom stereocenters. The number of nitrogens with one attached hydrogen (secondary N) is 1. The van der Waals surface area contributed by atoms with E-state index < -0.39 is 0 Å². The first-order valence-corrected chi connectivity index (χ1v) is 9.35. The van der Waals surface area contributed by atoms with Crippen LogP contribution in [0.4, 0.5) is 0 Å². The van der Waals surface area contributed by atoms with Gasteiger partial charge in [-0.2, -0.15) is 0 Å². The summed E-state index contributed by atoms with van der Waals surface area (Å²) >= 11 is 0. The Morgan fingerprint density at radius 3 is 2.72 bits per heavy atom. The third-order valence-corrected chi connectivity index (χ3v) is 5.16. The number of rotatable bonds is 4. The number of nitrogens with zero attached hydrogens (tertiary/aromatic N) is 2. The van der Waals surface area contributed by atoms with Gasteiger partial charge in [-0.25, -0.2) is 9.79 Å². The number of hydrogen-bond donors (Lipinski definition) is 1. The minimum Gasteiger partial charge on any atom is -0.466 e. The summed E-state index contributed by atoms with van der Waals surface area (Å²) in [5.41, 5.74) is 3.35. The first-order valence-electron chi connectivity index (χ1n) is 9.35. The second-order valence-electron chi connectivity index (χ2n) is 6.87. The Kier molecular flexibility index (Phi) is 5.12. The molecule has 0 aliphatic carbocycles. The quantitative estimate of drug-likeness (QED) is 0.806. The van der Waals surface area contributed by atoms with Gasteiger partial charge in [0.1, 0.15) is 0 Å². The Bertz CT molecular complexity index is 985. The van der Waals surface area contributed by atoms with Gasteiger partial charge in [-0.05, 0) is 30.2 Å². The van der Waals surface area contributed by atoms with Crippen molar-refractivity contribution in [3.8, 4) is 11.5 Å². The van der Waals surface area contributed by atoms with Crippen LogP contribution in [0.2, 0.25) is 0 Å². The van der Waals surface area contributed by atoms with Crippen LogP contribution >= 0.6 is 0 Å². The third-order valence-electron chi connectivity index (χ3n) is 5.16. The van der Waals surface area contributed by atoms with Crippen molar-refractivity contribution in [3.05, 3.63) is 70.9 Å². The molecule has 2 heterocycles.